The van der Waals surface area contributed by atoms with Gasteiger partial charge in [0.15, 0.2) is 5.82 Å². The van der Waals surface area contributed by atoms with Crippen LogP contribution in [-0.4, -0.2) is 15.3 Å². The van der Waals surface area contributed by atoms with Crippen molar-refractivity contribution < 1.29 is 4.79 Å². The van der Waals surface area contributed by atoms with Crippen LogP contribution in [0, 0.1) is 0 Å². The summed E-state index contributed by atoms with van der Waals surface area (Å²) in [7, 11) is 0. The maximum atomic E-state index is 13.1. The van der Waals surface area contributed by atoms with E-state index in [4.69, 9.17) is 0 Å². The van der Waals surface area contributed by atoms with Gasteiger partial charge in [0.2, 0.25) is 11.0 Å². The molecule has 0 spiro atoms. The van der Waals surface area contributed by atoms with E-state index in [0.29, 0.717) is 11.0 Å². The molecule has 0 aliphatic rings. The molecule has 5 heteroatoms. The quantitative estimate of drug-likeness (QED) is 0.538. The van der Waals surface area contributed by atoms with Gasteiger partial charge in [-0.1, -0.05) is 91.0 Å². The molecule has 4 aromatic rings. The second-order valence-corrected chi connectivity index (χ2v) is 6.78. The average Bonchev–Trinajstić information content (AvgIpc) is 3.19. The largest absolute Gasteiger partial charge is 0.300 e. The van der Waals surface area contributed by atoms with Crippen LogP contribution in [0.4, 0.5) is 5.13 Å². The molecule has 0 fully saturated rings. The van der Waals surface area contributed by atoms with Crippen LogP contribution in [0.3, 0.4) is 0 Å². The highest BCUT2D eigenvalue weighted by Gasteiger charge is 2.23. The molecular formula is C22H17N3OS. The van der Waals surface area contributed by atoms with E-state index in [1.54, 1.807) is 0 Å². The number of anilines is 1. The number of hydrogen-bond donors (Lipinski definition) is 1. The molecule has 0 saturated carbocycles. The molecule has 0 saturated heterocycles. The number of hydrogen-bond acceptors (Lipinski definition) is 4. The summed E-state index contributed by atoms with van der Waals surface area (Å²) < 4.78 is 4.36. The zero-order valence-corrected chi connectivity index (χ0v) is 15.3. The van der Waals surface area contributed by atoms with Crippen LogP contribution in [0.1, 0.15) is 17.0 Å². The molecule has 27 heavy (non-hydrogen) atoms. The number of rotatable bonds is 5. The van der Waals surface area contributed by atoms with Crippen molar-refractivity contribution in [3.63, 3.8) is 0 Å². The first-order valence-corrected chi connectivity index (χ1v) is 9.38. The van der Waals surface area contributed by atoms with Gasteiger partial charge in [0.1, 0.15) is 0 Å². The molecule has 0 aliphatic heterocycles. The molecule has 0 unspecified atom stereocenters. The third kappa shape index (κ3) is 3.93. The SMILES string of the molecule is O=C(Nc1nc(-c2ccccc2)ns1)C(c1ccccc1)c1ccccc1. The van der Waals surface area contributed by atoms with E-state index in [-0.39, 0.29) is 5.91 Å². The van der Waals surface area contributed by atoms with Crippen LogP contribution < -0.4 is 5.32 Å². The fourth-order valence-electron chi connectivity index (χ4n) is 2.94. The molecule has 0 aliphatic carbocycles. The molecule has 4 rings (SSSR count). The van der Waals surface area contributed by atoms with E-state index in [9.17, 15) is 4.79 Å². The molecule has 0 bridgehead atoms. The number of benzene rings is 3. The Hall–Kier alpha value is -3.31. The van der Waals surface area contributed by atoms with Crippen molar-refractivity contribution in [1.29, 1.82) is 0 Å². The van der Waals surface area contributed by atoms with Crippen molar-refractivity contribution in [2.45, 2.75) is 5.92 Å². The van der Waals surface area contributed by atoms with Crippen molar-refractivity contribution in [3.8, 4) is 11.4 Å². The van der Waals surface area contributed by atoms with Crippen LogP contribution in [0.25, 0.3) is 11.4 Å². The van der Waals surface area contributed by atoms with Gasteiger partial charge in [-0.15, -0.1) is 0 Å². The Morgan fingerprint density at radius 1 is 0.778 bits per heavy atom. The van der Waals surface area contributed by atoms with Gasteiger partial charge < -0.3 is 0 Å². The molecule has 3 aromatic carbocycles. The Balaban J connectivity index is 1.61. The number of aromatic nitrogens is 2. The Kier molecular flexibility index (Phi) is 5.03. The first-order valence-electron chi connectivity index (χ1n) is 8.61. The molecule has 0 atom stereocenters. The summed E-state index contributed by atoms with van der Waals surface area (Å²) >= 11 is 1.19. The maximum absolute atomic E-state index is 13.1. The van der Waals surface area contributed by atoms with E-state index in [2.05, 4.69) is 14.7 Å². The van der Waals surface area contributed by atoms with Crippen molar-refractivity contribution in [3.05, 3.63) is 102 Å². The normalized spacial score (nSPS) is 10.7. The van der Waals surface area contributed by atoms with Gasteiger partial charge in [-0.3, -0.25) is 10.1 Å². The molecule has 1 heterocycles. The Bertz CT molecular complexity index is 978. The summed E-state index contributed by atoms with van der Waals surface area (Å²) in [5.74, 6) is 0.0894. The summed E-state index contributed by atoms with van der Waals surface area (Å²) in [6.07, 6.45) is 0. The summed E-state index contributed by atoms with van der Waals surface area (Å²) in [5.41, 5.74) is 2.81. The fraction of sp³-hybridized carbons (Fsp3) is 0.0455. The fourth-order valence-corrected chi connectivity index (χ4v) is 3.54. The lowest BCUT2D eigenvalue weighted by atomic mass is 9.90. The van der Waals surface area contributed by atoms with Gasteiger partial charge in [-0.25, -0.2) is 0 Å². The second kappa shape index (κ2) is 7.93. The van der Waals surface area contributed by atoms with E-state index >= 15 is 0 Å². The summed E-state index contributed by atoms with van der Waals surface area (Å²) in [6.45, 7) is 0. The van der Waals surface area contributed by atoms with Gasteiger partial charge in [0.25, 0.3) is 0 Å². The van der Waals surface area contributed by atoms with Gasteiger partial charge in [0.05, 0.1) is 5.92 Å². The van der Waals surface area contributed by atoms with Crippen LogP contribution in [0.15, 0.2) is 91.0 Å². The topological polar surface area (TPSA) is 54.9 Å². The number of nitrogens with one attached hydrogen (secondary N) is 1. The molecule has 4 nitrogen and oxygen atoms in total. The summed E-state index contributed by atoms with van der Waals surface area (Å²) in [5, 5.41) is 3.43. The molecule has 1 N–H and O–H groups in total. The zero-order valence-electron chi connectivity index (χ0n) is 14.4. The number of carbonyl (C=O) groups excluding carboxylic acids is 1. The van der Waals surface area contributed by atoms with Crippen molar-refractivity contribution >= 4 is 22.6 Å². The molecule has 1 amide bonds. The highest BCUT2D eigenvalue weighted by atomic mass is 32.1. The zero-order chi connectivity index (χ0) is 18.5. The van der Waals surface area contributed by atoms with Crippen LogP contribution in [-0.2, 0) is 4.79 Å². The molecule has 0 radical (unpaired) electrons. The lowest BCUT2D eigenvalue weighted by Crippen LogP contribution is -2.22. The van der Waals surface area contributed by atoms with Crippen LogP contribution >= 0.6 is 11.5 Å². The van der Waals surface area contributed by atoms with Gasteiger partial charge >= 0.3 is 0 Å². The lowest BCUT2D eigenvalue weighted by Gasteiger charge is -2.16. The number of carbonyl (C=O) groups is 1. The van der Waals surface area contributed by atoms with Crippen LogP contribution in [0.2, 0.25) is 0 Å². The van der Waals surface area contributed by atoms with Gasteiger partial charge in [-0.2, -0.15) is 9.36 Å². The Morgan fingerprint density at radius 3 is 1.85 bits per heavy atom. The lowest BCUT2D eigenvalue weighted by molar-refractivity contribution is -0.116. The maximum Gasteiger partial charge on any atom is 0.238 e. The third-order valence-corrected chi connectivity index (χ3v) is 4.85. The summed E-state index contributed by atoms with van der Waals surface area (Å²) in [4.78, 5) is 17.6. The van der Waals surface area contributed by atoms with Crippen molar-refractivity contribution in [2.24, 2.45) is 0 Å². The second-order valence-electron chi connectivity index (χ2n) is 6.03. The third-order valence-electron chi connectivity index (χ3n) is 4.22. The van der Waals surface area contributed by atoms with Crippen molar-refractivity contribution in [1.82, 2.24) is 9.36 Å². The Morgan fingerprint density at radius 2 is 1.30 bits per heavy atom. The first-order chi connectivity index (χ1) is 13.3. The van der Waals surface area contributed by atoms with Gasteiger partial charge in [0, 0.05) is 17.1 Å². The standard InChI is InChI=1S/C22H17N3OS/c26-21(24-22-23-20(25-27-22)18-14-8-3-9-15-18)19(16-10-4-1-5-11-16)17-12-6-2-7-13-17/h1-15,19H,(H,23,24,25,26). The van der Waals surface area contributed by atoms with E-state index < -0.39 is 5.92 Å². The van der Waals surface area contributed by atoms with Crippen molar-refractivity contribution in [2.75, 3.05) is 5.32 Å². The monoisotopic (exact) mass is 371 g/mol. The first kappa shape index (κ1) is 17.1. The van der Waals surface area contributed by atoms with E-state index in [0.717, 1.165) is 16.7 Å². The number of nitrogens with zero attached hydrogens (tertiary/aromatic N) is 2. The van der Waals surface area contributed by atoms with Crippen LogP contribution in [0.5, 0.6) is 0 Å². The minimum Gasteiger partial charge on any atom is -0.300 e. The smallest absolute Gasteiger partial charge is 0.238 e. The number of amides is 1. The molecular weight excluding hydrogens is 354 g/mol. The Labute approximate surface area is 161 Å². The molecule has 1 aromatic heterocycles. The van der Waals surface area contributed by atoms with E-state index in [1.807, 2.05) is 91.0 Å². The molecule has 132 valence electrons. The predicted octanol–water partition coefficient (Wildman–Crippen LogP) is 4.98. The van der Waals surface area contributed by atoms with Gasteiger partial charge in [-0.05, 0) is 11.1 Å². The van der Waals surface area contributed by atoms with E-state index in [1.165, 1.54) is 11.5 Å². The summed E-state index contributed by atoms with van der Waals surface area (Å²) in [6, 6.07) is 29.2. The highest BCUT2D eigenvalue weighted by molar-refractivity contribution is 7.10. The minimum absolute atomic E-state index is 0.122. The highest BCUT2D eigenvalue weighted by Crippen LogP contribution is 2.27. The average molecular weight is 371 g/mol. The predicted molar refractivity (Wildman–Crippen MR) is 109 cm³/mol. The minimum atomic E-state index is -0.406.